The molecule has 0 saturated carbocycles. The minimum atomic E-state index is -0.361. The SMILES string of the molecule is Cc1ccc(Oc2cccc(/C=C3\SC(=O)NC3=O)c2)cc1. The van der Waals surface area contributed by atoms with Crippen LogP contribution < -0.4 is 10.1 Å². The molecule has 0 spiro atoms. The van der Waals surface area contributed by atoms with E-state index in [9.17, 15) is 9.59 Å². The van der Waals surface area contributed by atoms with Gasteiger partial charge in [-0.25, -0.2) is 0 Å². The van der Waals surface area contributed by atoms with Gasteiger partial charge in [0.15, 0.2) is 0 Å². The van der Waals surface area contributed by atoms with Crippen molar-refractivity contribution in [2.75, 3.05) is 0 Å². The third kappa shape index (κ3) is 3.38. The molecule has 1 aliphatic heterocycles. The molecule has 0 atom stereocenters. The maximum absolute atomic E-state index is 11.5. The van der Waals surface area contributed by atoms with Gasteiger partial charge in [0.05, 0.1) is 4.91 Å². The van der Waals surface area contributed by atoms with Crippen molar-refractivity contribution in [3.05, 3.63) is 64.6 Å². The number of nitrogens with one attached hydrogen (secondary N) is 1. The normalized spacial score (nSPS) is 16.0. The van der Waals surface area contributed by atoms with E-state index in [4.69, 9.17) is 4.74 Å². The Morgan fingerprint density at radius 2 is 1.82 bits per heavy atom. The molecule has 22 heavy (non-hydrogen) atoms. The van der Waals surface area contributed by atoms with Gasteiger partial charge >= 0.3 is 0 Å². The van der Waals surface area contributed by atoms with Crippen LogP contribution in [-0.4, -0.2) is 11.1 Å². The molecule has 0 aliphatic carbocycles. The highest BCUT2D eigenvalue weighted by Gasteiger charge is 2.24. The van der Waals surface area contributed by atoms with Crippen LogP contribution in [0.5, 0.6) is 11.5 Å². The van der Waals surface area contributed by atoms with Crippen LogP contribution in [0, 0.1) is 6.92 Å². The molecule has 0 unspecified atom stereocenters. The molecule has 2 amide bonds. The van der Waals surface area contributed by atoms with E-state index in [1.807, 2.05) is 55.5 Å². The molecule has 2 aromatic carbocycles. The van der Waals surface area contributed by atoms with Gasteiger partial charge in [-0.1, -0.05) is 29.8 Å². The molecule has 0 radical (unpaired) electrons. The average molecular weight is 311 g/mol. The van der Waals surface area contributed by atoms with Crippen molar-refractivity contribution in [1.82, 2.24) is 5.32 Å². The number of hydrogen-bond acceptors (Lipinski definition) is 4. The molecule has 1 fully saturated rings. The molecule has 0 aromatic heterocycles. The smallest absolute Gasteiger partial charge is 0.290 e. The minimum Gasteiger partial charge on any atom is -0.457 e. The Morgan fingerprint density at radius 1 is 1.05 bits per heavy atom. The molecular formula is C17H13NO3S. The van der Waals surface area contributed by atoms with Crippen molar-refractivity contribution in [2.45, 2.75) is 6.92 Å². The second-order valence-electron chi connectivity index (χ2n) is 4.84. The van der Waals surface area contributed by atoms with E-state index in [1.165, 1.54) is 5.56 Å². The Bertz CT molecular complexity index is 766. The summed E-state index contributed by atoms with van der Waals surface area (Å²) in [5.41, 5.74) is 1.97. The first kappa shape index (κ1) is 14.4. The number of rotatable bonds is 3. The molecule has 2 aromatic rings. The summed E-state index contributed by atoms with van der Waals surface area (Å²) in [6, 6.07) is 15.1. The summed E-state index contributed by atoms with van der Waals surface area (Å²) in [7, 11) is 0. The Hall–Kier alpha value is -2.53. The minimum absolute atomic E-state index is 0.344. The highest BCUT2D eigenvalue weighted by Crippen LogP contribution is 2.28. The van der Waals surface area contributed by atoms with Crippen molar-refractivity contribution in [3.63, 3.8) is 0 Å². The fourth-order valence-electron chi connectivity index (χ4n) is 1.98. The summed E-state index contributed by atoms with van der Waals surface area (Å²) in [5.74, 6) is 1.06. The topological polar surface area (TPSA) is 55.4 Å². The Balaban J connectivity index is 1.81. The lowest BCUT2D eigenvalue weighted by atomic mass is 10.2. The van der Waals surface area contributed by atoms with Gasteiger partial charge in [-0.2, -0.15) is 0 Å². The largest absolute Gasteiger partial charge is 0.457 e. The number of carbonyl (C=O) groups excluding carboxylic acids is 2. The quantitative estimate of drug-likeness (QED) is 0.867. The predicted octanol–water partition coefficient (Wildman–Crippen LogP) is 4.11. The van der Waals surface area contributed by atoms with Gasteiger partial charge in [0.2, 0.25) is 0 Å². The summed E-state index contributed by atoms with van der Waals surface area (Å²) in [4.78, 5) is 23.1. The number of carbonyl (C=O) groups is 2. The Labute approximate surface area is 132 Å². The van der Waals surface area contributed by atoms with Crippen molar-refractivity contribution in [3.8, 4) is 11.5 Å². The molecule has 0 bridgehead atoms. The van der Waals surface area contributed by atoms with E-state index < -0.39 is 0 Å². The lowest BCUT2D eigenvalue weighted by molar-refractivity contribution is -0.115. The molecule has 1 aliphatic rings. The second kappa shape index (κ2) is 6.07. The average Bonchev–Trinajstić information content (AvgIpc) is 2.80. The molecule has 1 saturated heterocycles. The number of amides is 2. The first-order valence-corrected chi connectivity index (χ1v) is 7.51. The van der Waals surface area contributed by atoms with Gasteiger partial charge in [0.1, 0.15) is 11.5 Å². The van der Waals surface area contributed by atoms with Gasteiger partial charge in [-0.05, 0) is 54.6 Å². The van der Waals surface area contributed by atoms with E-state index in [1.54, 1.807) is 6.08 Å². The summed E-state index contributed by atoms with van der Waals surface area (Å²) < 4.78 is 5.78. The molecule has 110 valence electrons. The molecule has 1 heterocycles. The van der Waals surface area contributed by atoms with Crippen LogP contribution >= 0.6 is 11.8 Å². The predicted molar refractivity (Wildman–Crippen MR) is 86.8 cm³/mol. The van der Waals surface area contributed by atoms with Gasteiger partial charge in [-0.15, -0.1) is 0 Å². The van der Waals surface area contributed by atoms with Gasteiger partial charge in [0, 0.05) is 0 Å². The second-order valence-corrected chi connectivity index (χ2v) is 5.85. The first-order chi connectivity index (χ1) is 10.6. The highest BCUT2D eigenvalue weighted by atomic mass is 32.2. The summed E-state index contributed by atoms with van der Waals surface area (Å²) >= 11 is 0.901. The lowest BCUT2D eigenvalue weighted by Gasteiger charge is -2.06. The van der Waals surface area contributed by atoms with E-state index in [0.717, 1.165) is 23.1 Å². The van der Waals surface area contributed by atoms with E-state index in [-0.39, 0.29) is 11.1 Å². The number of imide groups is 1. The Morgan fingerprint density at radius 3 is 2.50 bits per heavy atom. The van der Waals surface area contributed by atoms with Crippen LogP contribution in [0.25, 0.3) is 6.08 Å². The summed E-state index contributed by atoms with van der Waals surface area (Å²) in [6.45, 7) is 2.02. The van der Waals surface area contributed by atoms with Gasteiger partial charge in [0.25, 0.3) is 11.1 Å². The van der Waals surface area contributed by atoms with Crippen LogP contribution in [0.4, 0.5) is 4.79 Å². The third-order valence-corrected chi connectivity index (χ3v) is 3.87. The van der Waals surface area contributed by atoms with Gasteiger partial charge < -0.3 is 4.74 Å². The summed E-state index contributed by atoms with van der Waals surface area (Å²) in [5, 5.41) is 1.89. The first-order valence-electron chi connectivity index (χ1n) is 6.69. The van der Waals surface area contributed by atoms with Crippen molar-refractivity contribution < 1.29 is 14.3 Å². The maximum Gasteiger partial charge on any atom is 0.290 e. The monoisotopic (exact) mass is 311 g/mol. The van der Waals surface area contributed by atoms with E-state index in [2.05, 4.69) is 5.32 Å². The zero-order valence-electron chi connectivity index (χ0n) is 11.8. The number of ether oxygens (including phenoxy) is 1. The molecule has 1 N–H and O–H groups in total. The fraction of sp³-hybridized carbons (Fsp3) is 0.0588. The van der Waals surface area contributed by atoms with Crippen LogP contribution in [0.3, 0.4) is 0 Å². The molecule has 4 nitrogen and oxygen atoms in total. The number of aryl methyl sites for hydroxylation is 1. The molecular weight excluding hydrogens is 298 g/mol. The van der Waals surface area contributed by atoms with Crippen LogP contribution in [0.15, 0.2) is 53.4 Å². The third-order valence-electron chi connectivity index (χ3n) is 3.05. The zero-order chi connectivity index (χ0) is 15.5. The summed E-state index contributed by atoms with van der Waals surface area (Å²) in [6.07, 6.45) is 1.67. The highest BCUT2D eigenvalue weighted by molar-refractivity contribution is 8.18. The standard InChI is InChI=1S/C17H13NO3S/c1-11-5-7-13(8-6-11)21-14-4-2-3-12(9-14)10-15-16(19)18-17(20)22-15/h2-10H,1H3,(H,18,19,20)/b15-10-. The number of benzene rings is 2. The van der Waals surface area contributed by atoms with Crippen LogP contribution in [0.1, 0.15) is 11.1 Å². The lowest BCUT2D eigenvalue weighted by Crippen LogP contribution is -2.17. The molecule has 5 heteroatoms. The van der Waals surface area contributed by atoms with E-state index >= 15 is 0 Å². The van der Waals surface area contributed by atoms with Crippen molar-refractivity contribution in [1.29, 1.82) is 0 Å². The fourth-order valence-corrected chi connectivity index (χ4v) is 2.66. The van der Waals surface area contributed by atoms with E-state index in [0.29, 0.717) is 10.7 Å². The Kier molecular flexibility index (Phi) is 3.98. The van der Waals surface area contributed by atoms with Crippen molar-refractivity contribution in [2.24, 2.45) is 0 Å². The van der Waals surface area contributed by atoms with Crippen molar-refractivity contribution >= 4 is 29.0 Å². The van der Waals surface area contributed by atoms with Crippen LogP contribution in [-0.2, 0) is 4.79 Å². The zero-order valence-corrected chi connectivity index (χ0v) is 12.6. The number of thioether (sulfide) groups is 1. The maximum atomic E-state index is 11.5. The van der Waals surface area contributed by atoms with Crippen LogP contribution in [0.2, 0.25) is 0 Å². The number of hydrogen-bond donors (Lipinski definition) is 1. The van der Waals surface area contributed by atoms with Gasteiger partial charge in [-0.3, -0.25) is 14.9 Å². The molecule has 3 rings (SSSR count).